The smallest absolute Gasteiger partial charge is 0.333 e. The number of rotatable bonds is 5. The third-order valence-electron chi connectivity index (χ3n) is 0.965. The molecule has 0 rings (SSSR count). The predicted octanol–water partition coefficient (Wildman–Crippen LogP) is 0.201. The van der Waals surface area contributed by atoms with Gasteiger partial charge in [0.2, 0.25) is 0 Å². The van der Waals surface area contributed by atoms with E-state index in [1.54, 1.807) is 0 Å². The second-order valence-electron chi connectivity index (χ2n) is 1.88. The Morgan fingerprint density at radius 1 is 1.15 bits per heavy atom. The maximum atomic E-state index is 10.6. The van der Waals surface area contributed by atoms with Crippen LogP contribution in [0.5, 0.6) is 0 Å². The van der Waals surface area contributed by atoms with Gasteiger partial charge in [-0.25, -0.2) is 14.7 Å². The van der Waals surface area contributed by atoms with Gasteiger partial charge >= 0.3 is 11.9 Å². The van der Waals surface area contributed by atoms with E-state index in [4.69, 9.17) is 0 Å². The SMILES string of the molecule is C=CC(=O)OC(C[O])OC(=O)C=C. The van der Waals surface area contributed by atoms with E-state index in [-0.39, 0.29) is 0 Å². The number of esters is 2. The standard InChI is InChI=1S/C8H9O5/c1-3-6(10)12-8(5-9)13-7(11)4-2/h3-4,8H,1-2,5H2. The highest BCUT2D eigenvalue weighted by atomic mass is 16.7. The van der Waals surface area contributed by atoms with Gasteiger partial charge in [0, 0.05) is 12.2 Å². The van der Waals surface area contributed by atoms with E-state index in [1.165, 1.54) is 0 Å². The monoisotopic (exact) mass is 185 g/mol. The van der Waals surface area contributed by atoms with E-state index in [9.17, 15) is 14.7 Å². The summed E-state index contributed by atoms with van der Waals surface area (Å²) in [5.41, 5.74) is 0. The highest BCUT2D eigenvalue weighted by Crippen LogP contribution is 1.96. The Morgan fingerprint density at radius 2 is 1.54 bits per heavy atom. The summed E-state index contributed by atoms with van der Waals surface area (Å²) in [7, 11) is 0. The molecule has 0 amide bonds. The highest BCUT2D eigenvalue weighted by molar-refractivity contribution is 5.83. The zero-order valence-electron chi connectivity index (χ0n) is 6.89. The average Bonchev–Trinajstić information content (AvgIpc) is 2.16. The van der Waals surface area contributed by atoms with Crippen molar-refractivity contribution in [2.24, 2.45) is 0 Å². The molecule has 5 heteroatoms. The molecule has 0 aromatic heterocycles. The van der Waals surface area contributed by atoms with Crippen molar-refractivity contribution in [3.8, 4) is 0 Å². The Morgan fingerprint density at radius 3 is 1.77 bits per heavy atom. The number of hydrogen-bond donors (Lipinski definition) is 0. The number of hydrogen-bond acceptors (Lipinski definition) is 4. The van der Waals surface area contributed by atoms with Crippen LogP contribution in [-0.4, -0.2) is 24.8 Å². The maximum Gasteiger partial charge on any atom is 0.333 e. The Labute approximate surface area is 75.3 Å². The van der Waals surface area contributed by atoms with Crippen molar-refractivity contribution in [1.82, 2.24) is 0 Å². The number of carbonyl (C=O) groups excluding carboxylic acids is 2. The van der Waals surface area contributed by atoms with Crippen molar-refractivity contribution in [2.45, 2.75) is 6.29 Å². The van der Waals surface area contributed by atoms with E-state index in [2.05, 4.69) is 22.6 Å². The molecule has 0 heterocycles. The van der Waals surface area contributed by atoms with Crippen molar-refractivity contribution < 1.29 is 24.2 Å². The zero-order valence-corrected chi connectivity index (χ0v) is 6.89. The Balaban J connectivity index is 4.02. The summed E-state index contributed by atoms with van der Waals surface area (Å²) in [6.07, 6.45) is 0.311. The van der Waals surface area contributed by atoms with Gasteiger partial charge in [-0.2, -0.15) is 0 Å². The molecule has 0 atom stereocenters. The summed E-state index contributed by atoms with van der Waals surface area (Å²) in [5.74, 6) is -1.64. The number of ether oxygens (including phenoxy) is 2. The second-order valence-corrected chi connectivity index (χ2v) is 1.88. The van der Waals surface area contributed by atoms with Crippen molar-refractivity contribution in [1.29, 1.82) is 0 Å². The van der Waals surface area contributed by atoms with Gasteiger partial charge in [0.25, 0.3) is 6.29 Å². The molecule has 0 unspecified atom stereocenters. The van der Waals surface area contributed by atoms with Crippen molar-refractivity contribution >= 4 is 11.9 Å². The summed E-state index contributed by atoms with van der Waals surface area (Å²) in [4.78, 5) is 21.1. The van der Waals surface area contributed by atoms with Crippen molar-refractivity contribution in [2.75, 3.05) is 6.61 Å². The van der Waals surface area contributed by atoms with Gasteiger partial charge < -0.3 is 9.47 Å². The molecule has 0 aliphatic carbocycles. The molecular formula is C8H9O5. The fourth-order valence-corrected chi connectivity index (χ4v) is 0.447. The molecule has 0 aliphatic rings. The molecule has 71 valence electrons. The molecule has 0 N–H and O–H groups in total. The molecule has 1 radical (unpaired) electrons. The van der Waals surface area contributed by atoms with Gasteiger partial charge in [0.1, 0.15) is 0 Å². The van der Waals surface area contributed by atoms with Gasteiger partial charge in [-0.3, -0.25) is 0 Å². The molecule has 0 saturated heterocycles. The summed E-state index contributed by atoms with van der Waals surface area (Å²) in [6.45, 7) is 5.36. The minimum atomic E-state index is -1.42. The normalized spacial score (nSPS) is 9.08. The van der Waals surface area contributed by atoms with Crippen LogP contribution in [0.3, 0.4) is 0 Å². The van der Waals surface area contributed by atoms with Crippen LogP contribution in [0.4, 0.5) is 0 Å². The van der Waals surface area contributed by atoms with E-state index in [0.29, 0.717) is 0 Å². The predicted molar refractivity (Wildman–Crippen MR) is 41.9 cm³/mol. The minimum Gasteiger partial charge on any atom is -0.419 e. The van der Waals surface area contributed by atoms with Crippen LogP contribution in [0.2, 0.25) is 0 Å². The molecule has 5 nitrogen and oxygen atoms in total. The lowest BCUT2D eigenvalue weighted by atomic mass is 10.6. The van der Waals surface area contributed by atoms with Crippen LogP contribution in [-0.2, 0) is 24.2 Å². The third kappa shape index (κ3) is 4.76. The molecule has 0 spiro atoms. The largest absolute Gasteiger partial charge is 0.419 e. The van der Waals surface area contributed by atoms with Crippen LogP contribution in [0.25, 0.3) is 0 Å². The number of carbonyl (C=O) groups is 2. The maximum absolute atomic E-state index is 10.6. The van der Waals surface area contributed by atoms with E-state index < -0.39 is 24.8 Å². The summed E-state index contributed by atoms with van der Waals surface area (Å²) in [6, 6.07) is 0. The van der Waals surface area contributed by atoms with Gasteiger partial charge in [0.05, 0.1) is 0 Å². The fraction of sp³-hybridized carbons (Fsp3) is 0.250. The highest BCUT2D eigenvalue weighted by Gasteiger charge is 2.15. The van der Waals surface area contributed by atoms with Gasteiger partial charge in [-0.1, -0.05) is 13.2 Å². The van der Waals surface area contributed by atoms with E-state index in [1.807, 2.05) is 0 Å². The molecule has 0 fully saturated rings. The third-order valence-corrected chi connectivity index (χ3v) is 0.965. The lowest BCUT2D eigenvalue weighted by Crippen LogP contribution is -2.25. The quantitative estimate of drug-likeness (QED) is 0.348. The molecular weight excluding hydrogens is 176 g/mol. The first-order valence-corrected chi connectivity index (χ1v) is 3.38. The second kappa shape index (κ2) is 5.96. The van der Waals surface area contributed by atoms with Gasteiger partial charge in [0.15, 0.2) is 6.61 Å². The Bertz CT molecular complexity index is 199. The van der Waals surface area contributed by atoms with Gasteiger partial charge in [-0.15, -0.1) is 0 Å². The van der Waals surface area contributed by atoms with E-state index >= 15 is 0 Å². The van der Waals surface area contributed by atoms with Crippen molar-refractivity contribution in [3.05, 3.63) is 25.3 Å². The lowest BCUT2D eigenvalue weighted by molar-refractivity contribution is -0.190. The lowest BCUT2D eigenvalue weighted by Gasteiger charge is -2.12. The first-order chi connectivity index (χ1) is 6.13. The topological polar surface area (TPSA) is 72.5 Å². The van der Waals surface area contributed by atoms with E-state index in [0.717, 1.165) is 12.2 Å². The van der Waals surface area contributed by atoms with Crippen LogP contribution in [0.15, 0.2) is 25.3 Å². The molecule has 0 aromatic carbocycles. The van der Waals surface area contributed by atoms with Crippen molar-refractivity contribution in [3.63, 3.8) is 0 Å². The molecule has 13 heavy (non-hydrogen) atoms. The summed E-state index contributed by atoms with van der Waals surface area (Å²) >= 11 is 0. The Kier molecular flexibility index (Phi) is 5.22. The molecule has 0 bridgehead atoms. The minimum absolute atomic E-state index is 0.822. The van der Waals surface area contributed by atoms with Crippen LogP contribution in [0, 0.1) is 0 Å². The molecule has 0 aromatic rings. The summed E-state index contributed by atoms with van der Waals surface area (Å²) in [5, 5.41) is 10.3. The zero-order chi connectivity index (χ0) is 10.3. The Hall–Kier alpha value is -1.62. The van der Waals surface area contributed by atoms with Crippen LogP contribution >= 0.6 is 0 Å². The first-order valence-electron chi connectivity index (χ1n) is 3.38. The molecule has 0 saturated carbocycles. The summed E-state index contributed by atoms with van der Waals surface area (Å²) < 4.78 is 8.72. The van der Waals surface area contributed by atoms with Crippen LogP contribution < -0.4 is 0 Å². The average molecular weight is 185 g/mol. The van der Waals surface area contributed by atoms with Gasteiger partial charge in [-0.05, 0) is 0 Å². The fourth-order valence-electron chi connectivity index (χ4n) is 0.447. The molecule has 0 aliphatic heterocycles. The van der Waals surface area contributed by atoms with Crippen LogP contribution in [0.1, 0.15) is 0 Å². The first kappa shape index (κ1) is 11.4.